The van der Waals surface area contributed by atoms with E-state index in [1.807, 2.05) is 0 Å². The fraction of sp³-hybridized carbons (Fsp3) is 0.348. The Morgan fingerprint density at radius 3 is 2.65 bits per heavy atom. The third-order valence-corrected chi connectivity index (χ3v) is 6.62. The Morgan fingerprint density at radius 2 is 1.94 bits per heavy atom. The van der Waals surface area contributed by atoms with Crippen molar-refractivity contribution in [1.82, 2.24) is 14.9 Å². The van der Waals surface area contributed by atoms with Gasteiger partial charge in [0.2, 0.25) is 5.91 Å². The number of carbonyl (C=O) groups excluding carboxylic acids is 1. The van der Waals surface area contributed by atoms with Crippen LogP contribution in [0.5, 0.6) is 0 Å². The third kappa shape index (κ3) is 3.58. The molecular formula is C23H22N4O4. The summed E-state index contributed by atoms with van der Waals surface area (Å²) >= 11 is 0. The monoisotopic (exact) mass is 418 g/mol. The Balaban J connectivity index is 1.51. The summed E-state index contributed by atoms with van der Waals surface area (Å²) in [6.45, 7) is 0. The van der Waals surface area contributed by atoms with E-state index in [4.69, 9.17) is 0 Å². The summed E-state index contributed by atoms with van der Waals surface area (Å²) in [5.74, 6) is 0.338. The first-order chi connectivity index (χ1) is 15.0. The number of carbonyl (C=O) groups is 2. The molecule has 8 nitrogen and oxygen atoms in total. The molecule has 2 aliphatic rings. The molecule has 2 aliphatic carbocycles. The van der Waals surface area contributed by atoms with E-state index in [0.717, 1.165) is 17.1 Å². The number of amides is 1. The van der Waals surface area contributed by atoms with Gasteiger partial charge in [-0.25, -0.2) is 15.2 Å². The second kappa shape index (κ2) is 7.61. The van der Waals surface area contributed by atoms with Crippen LogP contribution in [-0.2, 0) is 4.79 Å². The summed E-state index contributed by atoms with van der Waals surface area (Å²) in [5.41, 5.74) is 3.01. The summed E-state index contributed by atoms with van der Waals surface area (Å²) in [6.07, 6.45) is 6.52. The van der Waals surface area contributed by atoms with Gasteiger partial charge in [0, 0.05) is 23.6 Å². The van der Waals surface area contributed by atoms with Crippen molar-refractivity contribution in [3.63, 3.8) is 0 Å². The number of rotatable bonds is 5. The number of hydrogen-bond acceptors (Lipinski definition) is 5. The molecule has 2 fully saturated rings. The molecule has 0 spiro atoms. The Bertz CT molecular complexity index is 1250. The van der Waals surface area contributed by atoms with Crippen molar-refractivity contribution in [2.45, 2.75) is 32.1 Å². The number of carboxylic acids is 1. The summed E-state index contributed by atoms with van der Waals surface area (Å²) in [7, 11) is 0. The van der Waals surface area contributed by atoms with Crippen LogP contribution in [-0.4, -0.2) is 31.9 Å². The fourth-order valence-electron chi connectivity index (χ4n) is 5.20. The van der Waals surface area contributed by atoms with Crippen molar-refractivity contribution in [2.24, 2.45) is 17.8 Å². The lowest BCUT2D eigenvalue weighted by molar-refractivity contribution is -0.118. The minimum atomic E-state index is -1.15. The molecule has 5 rings (SSSR count). The minimum Gasteiger partial charge on any atom is -0.477 e. The normalized spacial score (nSPS) is 22.0. The Kier molecular flexibility index (Phi) is 4.77. The van der Waals surface area contributed by atoms with Crippen molar-refractivity contribution in [3.8, 4) is 11.3 Å². The van der Waals surface area contributed by atoms with Gasteiger partial charge in [-0.3, -0.25) is 9.59 Å². The summed E-state index contributed by atoms with van der Waals surface area (Å²) in [6, 6.07) is 9.98. The van der Waals surface area contributed by atoms with Gasteiger partial charge in [0.25, 0.3) is 5.56 Å². The third-order valence-electron chi connectivity index (χ3n) is 6.62. The number of nitrogens with one attached hydrogen (secondary N) is 1. The molecule has 8 heteroatoms. The first-order valence-electron chi connectivity index (χ1n) is 10.5. The van der Waals surface area contributed by atoms with Crippen LogP contribution in [0, 0.1) is 17.8 Å². The quantitative estimate of drug-likeness (QED) is 0.658. The molecule has 2 heterocycles. The average molecular weight is 418 g/mol. The van der Waals surface area contributed by atoms with Gasteiger partial charge >= 0.3 is 5.97 Å². The molecule has 3 unspecified atom stereocenters. The maximum absolute atomic E-state index is 13.0. The molecular weight excluding hydrogens is 396 g/mol. The molecule has 2 N–H and O–H groups in total. The van der Waals surface area contributed by atoms with E-state index < -0.39 is 11.5 Å². The zero-order chi connectivity index (χ0) is 21.5. The van der Waals surface area contributed by atoms with E-state index in [-0.39, 0.29) is 11.6 Å². The Hall–Kier alpha value is -3.55. The van der Waals surface area contributed by atoms with Crippen LogP contribution in [0.1, 0.15) is 42.6 Å². The molecule has 3 aromatic rings. The Labute approximate surface area is 177 Å². The molecule has 2 saturated carbocycles. The number of carboxylic acid groups (broad SMARTS) is 1. The van der Waals surface area contributed by atoms with E-state index in [0.29, 0.717) is 40.3 Å². The van der Waals surface area contributed by atoms with Crippen LogP contribution in [0.15, 0.2) is 47.4 Å². The van der Waals surface area contributed by atoms with Gasteiger partial charge in [-0.2, -0.15) is 0 Å². The van der Waals surface area contributed by atoms with E-state index >= 15 is 0 Å². The highest BCUT2D eigenvalue weighted by Crippen LogP contribution is 2.49. The highest BCUT2D eigenvalue weighted by molar-refractivity contribution is 5.95. The SMILES string of the molecule is O=C(CC1CC2CCC1C2)Nn1nc(-c2ccnc(C(=O)O)c2)c2ccccc2c1=O. The lowest BCUT2D eigenvalue weighted by Gasteiger charge is -2.21. The minimum absolute atomic E-state index is 0.124. The number of benzene rings is 1. The molecule has 2 bridgehead atoms. The molecule has 1 amide bonds. The zero-order valence-corrected chi connectivity index (χ0v) is 16.8. The maximum Gasteiger partial charge on any atom is 0.354 e. The van der Waals surface area contributed by atoms with Crippen molar-refractivity contribution in [1.29, 1.82) is 0 Å². The van der Waals surface area contributed by atoms with Crippen molar-refractivity contribution < 1.29 is 14.7 Å². The van der Waals surface area contributed by atoms with Crippen LogP contribution in [0.4, 0.5) is 0 Å². The highest BCUT2D eigenvalue weighted by atomic mass is 16.4. The molecule has 2 aromatic heterocycles. The van der Waals surface area contributed by atoms with Gasteiger partial charge in [0.05, 0.1) is 5.39 Å². The standard InChI is InChI=1S/C23H22N4O4/c28-20(12-16-10-13-5-6-14(16)9-13)25-27-22(29)18-4-2-1-3-17(18)21(26-27)15-7-8-24-19(11-15)23(30)31/h1-4,7-8,11,13-14,16H,5-6,9-10,12H2,(H,25,28)(H,30,31). The van der Waals surface area contributed by atoms with E-state index in [2.05, 4.69) is 15.5 Å². The lowest BCUT2D eigenvalue weighted by atomic mass is 9.86. The van der Waals surface area contributed by atoms with Crippen molar-refractivity contribution in [2.75, 3.05) is 5.43 Å². The smallest absolute Gasteiger partial charge is 0.354 e. The lowest BCUT2D eigenvalue weighted by Crippen LogP contribution is -2.36. The van der Waals surface area contributed by atoms with E-state index in [1.165, 1.54) is 31.5 Å². The van der Waals surface area contributed by atoms with Crippen LogP contribution >= 0.6 is 0 Å². The Morgan fingerprint density at radius 1 is 1.13 bits per heavy atom. The van der Waals surface area contributed by atoms with Crippen LogP contribution in [0.25, 0.3) is 22.0 Å². The van der Waals surface area contributed by atoms with E-state index in [9.17, 15) is 19.5 Å². The number of aromatic carboxylic acids is 1. The maximum atomic E-state index is 13.0. The van der Waals surface area contributed by atoms with Crippen molar-refractivity contribution in [3.05, 3.63) is 58.6 Å². The van der Waals surface area contributed by atoms with Gasteiger partial charge in [0.15, 0.2) is 0 Å². The van der Waals surface area contributed by atoms with E-state index in [1.54, 1.807) is 30.3 Å². The second-order valence-electron chi connectivity index (χ2n) is 8.52. The van der Waals surface area contributed by atoms with Crippen LogP contribution in [0.3, 0.4) is 0 Å². The molecule has 0 saturated heterocycles. The van der Waals surface area contributed by atoms with Gasteiger partial charge < -0.3 is 5.11 Å². The topological polar surface area (TPSA) is 114 Å². The number of aromatic nitrogens is 3. The van der Waals surface area contributed by atoms with Gasteiger partial charge in [-0.15, -0.1) is 9.89 Å². The van der Waals surface area contributed by atoms with Crippen LogP contribution in [0.2, 0.25) is 0 Å². The average Bonchev–Trinajstić information content (AvgIpc) is 3.39. The molecule has 158 valence electrons. The predicted octanol–water partition coefficient (Wildman–Crippen LogP) is 3.05. The zero-order valence-electron chi connectivity index (χ0n) is 16.8. The molecule has 3 atom stereocenters. The highest BCUT2D eigenvalue weighted by Gasteiger charge is 2.40. The number of fused-ring (bicyclic) bond motifs is 3. The largest absolute Gasteiger partial charge is 0.477 e. The molecule has 0 aliphatic heterocycles. The summed E-state index contributed by atoms with van der Waals surface area (Å²) < 4.78 is 0. The molecule has 1 aromatic carbocycles. The predicted molar refractivity (Wildman–Crippen MR) is 114 cm³/mol. The summed E-state index contributed by atoms with van der Waals surface area (Å²) in [5, 5.41) is 14.6. The molecule has 31 heavy (non-hydrogen) atoms. The number of pyridine rings is 1. The first-order valence-corrected chi connectivity index (χ1v) is 10.5. The van der Waals surface area contributed by atoms with Crippen LogP contribution < -0.4 is 11.0 Å². The van der Waals surface area contributed by atoms with Gasteiger partial charge in [0.1, 0.15) is 11.4 Å². The number of nitrogens with zero attached hydrogens (tertiary/aromatic N) is 3. The number of hydrogen-bond donors (Lipinski definition) is 2. The van der Waals surface area contributed by atoms with Gasteiger partial charge in [-0.1, -0.05) is 24.6 Å². The second-order valence-corrected chi connectivity index (χ2v) is 8.52. The fourth-order valence-corrected chi connectivity index (χ4v) is 5.20. The first kappa shape index (κ1) is 19.4. The molecule has 0 radical (unpaired) electrons. The van der Waals surface area contributed by atoms with Gasteiger partial charge in [-0.05, 0) is 55.2 Å². The van der Waals surface area contributed by atoms with Crippen molar-refractivity contribution >= 4 is 22.6 Å². The summed E-state index contributed by atoms with van der Waals surface area (Å²) in [4.78, 5) is 41.9.